The van der Waals surface area contributed by atoms with E-state index in [1.54, 1.807) is 19.2 Å². The summed E-state index contributed by atoms with van der Waals surface area (Å²) in [5, 5.41) is 0. The minimum absolute atomic E-state index is 0.269. The fourth-order valence-corrected chi connectivity index (χ4v) is 4.55. The molecule has 1 unspecified atom stereocenters. The van der Waals surface area contributed by atoms with E-state index >= 15 is 0 Å². The summed E-state index contributed by atoms with van der Waals surface area (Å²) in [6, 6.07) is 11.0. The molecule has 0 amide bonds. The Morgan fingerprint density at radius 1 is 0.889 bits per heavy atom. The van der Waals surface area contributed by atoms with Gasteiger partial charge in [-0.25, -0.2) is 0 Å². The van der Waals surface area contributed by atoms with Crippen molar-refractivity contribution in [3.05, 3.63) is 47.5 Å². The lowest BCUT2D eigenvalue weighted by Gasteiger charge is -2.28. The molecule has 2 aromatic carbocycles. The van der Waals surface area contributed by atoms with Crippen LogP contribution in [-0.4, -0.2) is 19.0 Å². The molecule has 1 heterocycles. The maximum absolute atomic E-state index is 12.4. The standard InChI is InChI=1S/C30H40O6/c1-4-5-6-7-8-9-10-11-12-13-30(32)35-25-17-18-26(29(21-25)34-22(2)31)27-19-15-23-14-16-24(33-3)20-28(23)36-27/h14,16-18,20-21,27H,4-13,15,19H2,1-3H3. The number of hydrogen-bond acceptors (Lipinski definition) is 6. The average molecular weight is 497 g/mol. The summed E-state index contributed by atoms with van der Waals surface area (Å²) in [6.07, 6.45) is 12.4. The number of carbonyl (C=O) groups excluding carboxylic acids is 2. The predicted octanol–water partition coefficient (Wildman–Crippen LogP) is 7.51. The van der Waals surface area contributed by atoms with Gasteiger partial charge < -0.3 is 18.9 Å². The fourth-order valence-electron chi connectivity index (χ4n) is 4.55. The quantitative estimate of drug-likeness (QED) is 0.153. The molecule has 36 heavy (non-hydrogen) atoms. The molecule has 0 spiro atoms. The topological polar surface area (TPSA) is 71.1 Å². The van der Waals surface area contributed by atoms with Crippen molar-refractivity contribution in [2.24, 2.45) is 0 Å². The van der Waals surface area contributed by atoms with Gasteiger partial charge in [0.15, 0.2) is 0 Å². The SMILES string of the molecule is CCCCCCCCCCCC(=O)Oc1ccc(C2CCc3ccc(OC)cc3O2)c(OC(C)=O)c1. The second-order valence-corrected chi connectivity index (χ2v) is 9.46. The van der Waals surface area contributed by atoms with Crippen LogP contribution < -0.4 is 18.9 Å². The van der Waals surface area contributed by atoms with Gasteiger partial charge in [0.1, 0.15) is 29.1 Å². The van der Waals surface area contributed by atoms with Crippen molar-refractivity contribution in [3.8, 4) is 23.0 Å². The van der Waals surface area contributed by atoms with Crippen LogP contribution in [0.15, 0.2) is 36.4 Å². The van der Waals surface area contributed by atoms with Crippen LogP contribution in [0, 0.1) is 0 Å². The van der Waals surface area contributed by atoms with Crippen LogP contribution in [0.25, 0.3) is 0 Å². The molecule has 0 radical (unpaired) electrons. The Labute approximate surface area is 215 Å². The molecule has 6 nitrogen and oxygen atoms in total. The van der Waals surface area contributed by atoms with Crippen LogP contribution in [0.5, 0.6) is 23.0 Å². The zero-order valence-electron chi connectivity index (χ0n) is 22.0. The molecule has 0 N–H and O–H groups in total. The maximum Gasteiger partial charge on any atom is 0.311 e. The maximum atomic E-state index is 12.4. The third kappa shape index (κ3) is 8.58. The Morgan fingerprint density at radius 2 is 1.58 bits per heavy atom. The summed E-state index contributed by atoms with van der Waals surface area (Å²) in [7, 11) is 1.62. The van der Waals surface area contributed by atoms with Crippen molar-refractivity contribution >= 4 is 11.9 Å². The van der Waals surface area contributed by atoms with Gasteiger partial charge >= 0.3 is 11.9 Å². The molecule has 196 valence electrons. The number of hydrogen-bond donors (Lipinski definition) is 0. The fraction of sp³-hybridized carbons (Fsp3) is 0.533. The lowest BCUT2D eigenvalue weighted by atomic mass is 9.96. The van der Waals surface area contributed by atoms with Crippen LogP contribution in [-0.2, 0) is 16.0 Å². The summed E-state index contributed by atoms with van der Waals surface area (Å²) in [4.78, 5) is 24.1. The number of carbonyl (C=O) groups is 2. The van der Waals surface area contributed by atoms with Crippen LogP contribution in [0.1, 0.15) is 102 Å². The van der Waals surface area contributed by atoms with E-state index in [2.05, 4.69) is 6.92 Å². The smallest absolute Gasteiger partial charge is 0.311 e. The van der Waals surface area contributed by atoms with E-state index in [1.165, 1.54) is 45.4 Å². The van der Waals surface area contributed by atoms with Gasteiger partial charge in [0.2, 0.25) is 0 Å². The van der Waals surface area contributed by atoms with Gasteiger partial charge in [0, 0.05) is 31.0 Å². The minimum atomic E-state index is -0.438. The van der Waals surface area contributed by atoms with Crippen LogP contribution in [0.3, 0.4) is 0 Å². The van der Waals surface area contributed by atoms with Gasteiger partial charge in [-0.05, 0) is 43.0 Å². The molecule has 0 aliphatic carbocycles. The first kappa shape index (κ1) is 27.6. The van der Waals surface area contributed by atoms with Gasteiger partial charge in [-0.15, -0.1) is 0 Å². The molecule has 0 saturated heterocycles. The number of fused-ring (bicyclic) bond motifs is 1. The first-order valence-corrected chi connectivity index (χ1v) is 13.4. The van der Waals surface area contributed by atoms with Crippen molar-refractivity contribution < 1.29 is 28.5 Å². The van der Waals surface area contributed by atoms with E-state index in [0.717, 1.165) is 54.7 Å². The molecule has 1 aliphatic heterocycles. The molecule has 0 fully saturated rings. The highest BCUT2D eigenvalue weighted by molar-refractivity contribution is 5.73. The van der Waals surface area contributed by atoms with Crippen LogP contribution in [0.2, 0.25) is 0 Å². The Kier molecular flexibility index (Phi) is 11.1. The largest absolute Gasteiger partial charge is 0.497 e. The van der Waals surface area contributed by atoms with Crippen LogP contribution in [0.4, 0.5) is 0 Å². The van der Waals surface area contributed by atoms with E-state index in [0.29, 0.717) is 17.9 Å². The zero-order valence-corrected chi connectivity index (χ0v) is 22.0. The normalized spacial score (nSPS) is 14.5. The summed E-state index contributed by atoms with van der Waals surface area (Å²) in [5.41, 5.74) is 1.86. The second kappa shape index (κ2) is 14.5. The van der Waals surface area contributed by atoms with Gasteiger partial charge in [0.25, 0.3) is 0 Å². The van der Waals surface area contributed by atoms with Gasteiger partial charge in [-0.3, -0.25) is 9.59 Å². The minimum Gasteiger partial charge on any atom is -0.497 e. The van der Waals surface area contributed by atoms with E-state index in [-0.39, 0.29) is 12.1 Å². The number of rotatable bonds is 14. The number of methoxy groups -OCH3 is 1. The van der Waals surface area contributed by atoms with Gasteiger partial charge in [-0.2, -0.15) is 0 Å². The number of esters is 2. The Morgan fingerprint density at radius 3 is 2.28 bits per heavy atom. The van der Waals surface area contributed by atoms with Gasteiger partial charge in [0.05, 0.1) is 7.11 Å². The first-order chi connectivity index (χ1) is 17.5. The lowest BCUT2D eigenvalue weighted by molar-refractivity contribution is -0.134. The molecule has 1 aliphatic rings. The van der Waals surface area contributed by atoms with E-state index in [4.69, 9.17) is 18.9 Å². The van der Waals surface area contributed by atoms with Crippen LogP contribution >= 0.6 is 0 Å². The molecular weight excluding hydrogens is 456 g/mol. The predicted molar refractivity (Wildman–Crippen MR) is 140 cm³/mol. The van der Waals surface area contributed by atoms with E-state index in [1.807, 2.05) is 24.3 Å². The van der Waals surface area contributed by atoms with Crippen molar-refractivity contribution in [2.45, 2.75) is 97.0 Å². The molecule has 2 aromatic rings. The number of unbranched alkanes of at least 4 members (excludes halogenated alkanes) is 8. The van der Waals surface area contributed by atoms with Crippen molar-refractivity contribution in [1.29, 1.82) is 0 Å². The summed E-state index contributed by atoms with van der Waals surface area (Å²) < 4.78 is 22.6. The molecule has 0 saturated carbocycles. The monoisotopic (exact) mass is 496 g/mol. The average Bonchev–Trinajstić information content (AvgIpc) is 2.87. The molecular formula is C30H40O6. The van der Waals surface area contributed by atoms with Crippen molar-refractivity contribution in [1.82, 2.24) is 0 Å². The lowest BCUT2D eigenvalue weighted by Crippen LogP contribution is -2.17. The Hall–Kier alpha value is -3.02. The van der Waals surface area contributed by atoms with E-state index in [9.17, 15) is 9.59 Å². The summed E-state index contributed by atoms with van der Waals surface area (Å²) in [6.45, 7) is 3.58. The second-order valence-electron chi connectivity index (χ2n) is 9.46. The Bertz CT molecular complexity index is 999. The number of aryl methyl sites for hydroxylation is 1. The highest BCUT2D eigenvalue weighted by Crippen LogP contribution is 2.40. The first-order valence-electron chi connectivity index (χ1n) is 13.4. The molecule has 0 aromatic heterocycles. The third-order valence-electron chi connectivity index (χ3n) is 6.52. The third-order valence-corrected chi connectivity index (χ3v) is 6.52. The summed E-state index contributed by atoms with van der Waals surface area (Å²) >= 11 is 0. The molecule has 6 heteroatoms. The molecule has 1 atom stereocenters. The number of ether oxygens (including phenoxy) is 4. The molecule has 3 rings (SSSR count). The van der Waals surface area contributed by atoms with E-state index < -0.39 is 5.97 Å². The summed E-state index contributed by atoms with van der Waals surface area (Å²) in [5.74, 6) is 1.50. The zero-order chi connectivity index (χ0) is 25.8. The van der Waals surface area contributed by atoms with Crippen molar-refractivity contribution in [2.75, 3.05) is 7.11 Å². The molecule has 0 bridgehead atoms. The number of benzene rings is 2. The highest BCUT2D eigenvalue weighted by Gasteiger charge is 2.26. The Balaban J connectivity index is 1.54. The van der Waals surface area contributed by atoms with Gasteiger partial charge in [-0.1, -0.05) is 64.4 Å². The van der Waals surface area contributed by atoms with Crippen molar-refractivity contribution in [3.63, 3.8) is 0 Å². The highest BCUT2D eigenvalue weighted by atomic mass is 16.5.